The summed E-state index contributed by atoms with van der Waals surface area (Å²) in [5, 5.41) is 3.08. The summed E-state index contributed by atoms with van der Waals surface area (Å²) in [6.07, 6.45) is 0.652. The summed E-state index contributed by atoms with van der Waals surface area (Å²) in [6, 6.07) is 6.29. The Morgan fingerprint density at radius 3 is 3.00 bits per heavy atom. The van der Waals surface area contributed by atoms with E-state index in [1.165, 1.54) is 11.3 Å². The molecule has 8 nitrogen and oxygen atoms in total. The Kier molecular flexibility index (Phi) is 5.31. The number of nitrogens with two attached hydrogens (primary N) is 2. The molecule has 29 heavy (non-hydrogen) atoms. The molecule has 5 N–H and O–H groups in total. The molecule has 0 bridgehead atoms. The Bertz CT molecular complexity index is 1060. The Morgan fingerprint density at radius 2 is 2.24 bits per heavy atom. The van der Waals surface area contributed by atoms with E-state index in [4.69, 9.17) is 16.2 Å². The molecule has 3 heterocycles. The lowest BCUT2D eigenvalue weighted by Crippen LogP contribution is -2.52. The molecule has 1 fully saturated rings. The zero-order valence-corrected chi connectivity index (χ0v) is 16.6. The maximum Gasteiger partial charge on any atom is 0.252 e. The SMILES string of the molecule is CN(c1nc(Nc2ccc3scnc3c2)c(C(N)=O)cc1F)[C@@H]1CCOC[C@@H]1N. The van der Waals surface area contributed by atoms with Crippen LogP contribution in [0.25, 0.3) is 10.2 Å². The Labute approximate surface area is 170 Å². The fourth-order valence-electron chi connectivity index (χ4n) is 3.47. The van der Waals surface area contributed by atoms with Gasteiger partial charge in [0.1, 0.15) is 5.82 Å². The van der Waals surface area contributed by atoms with Crippen molar-refractivity contribution in [2.24, 2.45) is 11.5 Å². The van der Waals surface area contributed by atoms with Crippen LogP contribution < -0.4 is 21.7 Å². The summed E-state index contributed by atoms with van der Waals surface area (Å²) in [5.41, 5.74) is 14.8. The van der Waals surface area contributed by atoms with Gasteiger partial charge in [0.25, 0.3) is 5.91 Å². The minimum absolute atomic E-state index is 0.0331. The highest BCUT2D eigenvalue weighted by molar-refractivity contribution is 7.16. The molecule has 1 aromatic carbocycles. The molecule has 1 aliphatic rings. The number of rotatable bonds is 5. The Balaban J connectivity index is 1.71. The van der Waals surface area contributed by atoms with Crippen LogP contribution in [0.15, 0.2) is 29.8 Å². The van der Waals surface area contributed by atoms with Crippen LogP contribution in [0.4, 0.5) is 21.7 Å². The number of hydrogen-bond acceptors (Lipinski definition) is 8. The average Bonchev–Trinajstić information content (AvgIpc) is 3.16. The normalized spacial score (nSPS) is 19.3. The van der Waals surface area contributed by atoms with Crippen molar-refractivity contribution in [1.29, 1.82) is 0 Å². The minimum atomic E-state index is -0.773. The van der Waals surface area contributed by atoms with E-state index in [0.29, 0.717) is 25.3 Å². The molecular weight excluding hydrogens is 395 g/mol. The first-order valence-electron chi connectivity index (χ1n) is 9.11. The van der Waals surface area contributed by atoms with E-state index in [-0.39, 0.29) is 29.3 Å². The van der Waals surface area contributed by atoms with Crippen LogP contribution in [0.3, 0.4) is 0 Å². The van der Waals surface area contributed by atoms with E-state index in [9.17, 15) is 9.18 Å². The topological polar surface area (TPSA) is 119 Å². The summed E-state index contributed by atoms with van der Waals surface area (Å²) < 4.78 is 21.2. The number of anilines is 3. The van der Waals surface area contributed by atoms with E-state index in [1.54, 1.807) is 17.5 Å². The predicted octanol–water partition coefficient (Wildman–Crippen LogP) is 2.23. The van der Waals surface area contributed by atoms with E-state index in [1.807, 2.05) is 18.2 Å². The second-order valence-electron chi connectivity index (χ2n) is 6.92. The molecule has 1 amide bonds. The second kappa shape index (κ2) is 7.90. The number of thiazole rings is 1. The molecule has 1 aliphatic heterocycles. The van der Waals surface area contributed by atoms with Gasteiger partial charge in [0.15, 0.2) is 11.6 Å². The van der Waals surface area contributed by atoms with Gasteiger partial charge in [-0.15, -0.1) is 11.3 Å². The van der Waals surface area contributed by atoms with Crippen LogP contribution in [-0.2, 0) is 4.74 Å². The van der Waals surface area contributed by atoms with Crippen LogP contribution in [0.2, 0.25) is 0 Å². The van der Waals surface area contributed by atoms with Gasteiger partial charge in [-0.2, -0.15) is 0 Å². The van der Waals surface area contributed by atoms with Crippen molar-refractivity contribution < 1.29 is 13.9 Å². The molecule has 0 radical (unpaired) electrons. The van der Waals surface area contributed by atoms with Gasteiger partial charge < -0.3 is 26.4 Å². The number of fused-ring (bicyclic) bond motifs is 1. The first kappa shape index (κ1) is 19.5. The standard InChI is InChI=1S/C19H21FN6O2S/c1-26(15-4-5-28-8-13(15)21)19-12(20)7-11(17(22)27)18(25-19)24-10-2-3-16-14(6-10)23-9-29-16/h2-3,6-7,9,13,15H,4-5,8,21H2,1H3,(H2,22,27)(H,24,25)/t13-,15+/m0/s1. The maximum atomic E-state index is 14.8. The van der Waals surface area contributed by atoms with Crippen molar-refractivity contribution in [2.45, 2.75) is 18.5 Å². The molecule has 0 saturated carbocycles. The van der Waals surface area contributed by atoms with Crippen molar-refractivity contribution in [3.8, 4) is 0 Å². The minimum Gasteiger partial charge on any atom is -0.380 e. The Hall–Kier alpha value is -2.82. The van der Waals surface area contributed by atoms with Crippen LogP contribution in [0.5, 0.6) is 0 Å². The second-order valence-corrected chi connectivity index (χ2v) is 7.81. The van der Waals surface area contributed by atoms with E-state index >= 15 is 0 Å². The first-order chi connectivity index (χ1) is 13.9. The fourth-order valence-corrected chi connectivity index (χ4v) is 4.13. The van der Waals surface area contributed by atoms with Gasteiger partial charge in [-0.25, -0.2) is 14.4 Å². The van der Waals surface area contributed by atoms with Gasteiger partial charge in [0, 0.05) is 31.4 Å². The lowest BCUT2D eigenvalue weighted by Gasteiger charge is -2.36. The fraction of sp³-hybridized carbons (Fsp3) is 0.316. The monoisotopic (exact) mass is 416 g/mol. The molecule has 3 aromatic rings. The highest BCUT2D eigenvalue weighted by Gasteiger charge is 2.29. The smallest absolute Gasteiger partial charge is 0.252 e. The first-order valence-corrected chi connectivity index (χ1v) is 9.99. The van der Waals surface area contributed by atoms with E-state index in [0.717, 1.165) is 16.3 Å². The molecule has 0 aliphatic carbocycles. The number of pyridine rings is 1. The van der Waals surface area contributed by atoms with Crippen LogP contribution in [0.1, 0.15) is 16.8 Å². The number of primary amides is 1. The molecule has 2 atom stereocenters. The predicted molar refractivity (Wildman–Crippen MR) is 111 cm³/mol. The number of hydrogen-bond donors (Lipinski definition) is 3. The van der Waals surface area contributed by atoms with Crippen LogP contribution >= 0.6 is 11.3 Å². The third-order valence-electron chi connectivity index (χ3n) is 5.01. The van der Waals surface area contributed by atoms with E-state index < -0.39 is 11.7 Å². The van der Waals surface area contributed by atoms with Crippen molar-refractivity contribution in [2.75, 3.05) is 30.5 Å². The molecule has 2 aromatic heterocycles. The third-order valence-corrected chi connectivity index (χ3v) is 5.82. The summed E-state index contributed by atoms with van der Waals surface area (Å²) in [5.74, 6) is -1.14. The molecular formula is C19H21FN6O2S. The number of carbonyl (C=O) groups is 1. The summed E-state index contributed by atoms with van der Waals surface area (Å²) >= 11 is 1.53. The number of carbonyl (C=O) groups excluding carboxylic acids is 1. The number of halogens is 1. The molecule has 10 heteroatoms. The maximum absolute atomic E-state index is 14.8. The number of ether oxygens (including phenoxy) is 1. The largest absolute Gasteiger partial charge is 0.380 e. The molecule has 0 spiro atoms. The van der Waals surface area contributed by atoms with Crippen molar-refractivity contribution in [3.05, 3.63) is 41.2 Å². The van der Waals surface area contributed by atoms with Gasteiger partial charge in [-0.1, -0.05) is 0 Å². The molecule has 152 valence electrons. The molecule has 1 saturated heterocycles. The zero-order valence-electron chi connectivity index (χ0n) is 15.8. The molecule has 4 rings (SSSR count). The summed E-state index contributed by atoms with van der Waals surface area (Å²) in [6.45, 7) is 0.942. The Morgan fingerprint density at radius 1 is 1.41 bits per heavy atom. The van der Waals surface area contributed by atoms with Crippen LogP contribution in [0, 0.1) is 5.82 Å². The number of aromatic nitrogens is 2. The third kappa shape index (κ3) is 3.86. The van der Waals surface area contributed by atoms with Crippen molar-refractivity contribution >= 4 is 44.8 Å². The van der Waals surface area contributed by atoms with Gasteiger partial charge in [-0.3, -0.25) is 4.79 Å². The van der Waals surface area contributed by atoms with Gasteiger partial charge in [-0.05, 0) is 30.7 Å². The van der Waals surface area contributed by atoms with Gasteiger partial charge >= 0.3 is 0 Å². The zero-order chi connectivity index (χ0) is 20.5. The number of nitrogens with zero attached hydrogens (tertiary/aromatic N) is 3. The molecule has 0 unspecified atom stereocenters. The lowest BCUT2D eigenvalue weighted by molar-refractivity contribution is 0.0696. The number of amides is 1. The van der Waals surface area contributed by atoms with Crippen molar-refractivity contribution in [1.82, 2.24) is 9.97 Å². The number of likely N-dealkylation sites (N-methyl/N-ethyl adjacent to an activating group) is 1. The highest BCUT2D eigenvalue weighted by atomic mass is 32.1. The van der Waals surface area contributed by atoms with E-state index in [2.05, 4.69) is 15.3 Å². The lowest BCUT2D eigenvalue weighted by atomic mass is 10.0. The average molecular weight is 416 g/mol. The summed E-state index contributed by atoms with van der Waals surface area (Å²) in [7, 11) is 1.73. The van der Waals surface area contributed by atoms with Crippen molar-refractivity contribution in [3.63, 3.8) is 0 Å². The quantitative estimate of drug-likeness (QED) is 0.583. The number of nitrogens with one attached hydrogen (secondary N) is 1. The van der Waals surface area contributed by atoms with Crippen LogP contribution in [-0.4, -0.2) is 48.2 Å². The van der Waals surface area contributed by atoms with Gasteiger partial charge in [0.05, 0.1) is 27.9 Å². The van der Waals surface area contributed by atoms with Gasteiger partial charge in [0.2, 0.25) is 0 Å². The number of benzene rings is 1. The summed E-state index contributed by atoms with van der Waals surface area (Å²) in [4.78, 5) is 22.3. The highest BCUT2D eigenvalue weighted by Crippen LogP contribution is 2.29.